The highest BCUT2D eigenvalue weighted by molar-refractivity contribution is 7.89. The van der Waals surface area contributed by atoms with Crippen LogP contribution in [0.15, 0.2) is 23.1 Å². The number of benzene rings is 1. The summed E-state index contributed by atoms with van der Waals surface area (Å²) < 4.78 is 63.4. The third-order valence-corrected chi connectivity index (χ3v) is 4.99. The van der Waals surface area contributed by atoms with Gasteiger partial charge in [-0.2, -0.15) is 17.5 Å². The van der Waals surface area contributed by atoms with Gasteiger partial charge in [0, 0.05) is 6.54 Å². The number of carbonyl (C=O) groups is 1. The van der Waals surface area contributed by atoms with Crippen LogP contribution in [0.3, 0.4) is 0 Å². The van der Waals surface area contributed by atoms with Gasteiger partial charge >= 0.3 is 12.1 Å². The Hall–Kier alpha value is -1.32. The Morgan fingerprint density at radius 1 is 1.36 bits per heavy atom. The Balaban J connectivity index is 3.39. The van der Waals surface area contributed by atoms with Gasteiger partial charge in [0.2, 0.25) is 10.0 Å². The minimum Gasteiger partial charge on any atom is -0.480 e. The largest absolute Gasteiger partial charge is 0.480 e. The average molecular weight is 360 g/mol. The maximum absolute atomic E-state index is 12.7. The second kappa shape index (κ2) is 6.84. The van der Waals surface area contributed by atoms with Crippen molar-refractivity contribution in [1.82, 2.24) is 4.31 Å². The molecule has 0 aliphatic rings. The van der Waals surface area contributed by atoms with E-state index in [-0.39, 0.29) is 6.54 Å². The van der Waals surface area contributed by atoms with E-state index >= 15 is 0 Å². The molecule has 0 aliphatic carbocycles. The fraction of sp³-hybridized carbons (Fsp3) is 0.417. The van der Waals surface area contributed by atoms with Crippen LogP contribution in [0.1, 0.15) is 18.9 Å². The molecule has 124 valence electrons. The standard InChI is InChI=1S/C12H13ClF3NO4S/c1-2-5-17(7-11(18)19)22(20,21)10-6-8(12(14,15)16)3-4-9(10)13/h3-4,6H,2,5,7H2,1H3,(H,18,19). The van der Waals surface area contributed by atoms with Gasteiger partial charge in [0.15, 0.2) is 0 Å². The van der Waals surface area contributed by atoms with E-state index in [4.69, 9.17) is 16.7 Å². The lowest BCUT2D eigenvalue weighted by molar-refractivity contribution is -0.138. The van der Waals surface area contributed by atoms with Crippen LogP contribution in [0.25, 0.3) is 0 Å². The van der Waals surface area contributed by atoms with E-state index in [0.29, 0.717) is 22.9 Å². The number of carboxylic acid groups (broad SMARTS) is 1. The molecular weight excluding hydrogens is 347 g/mol. The Bertz CT molecular complexity index is 661. The molecule has 0 heterocycles. The van der Waals surface area contributed by atoms with Crippen LogP contribution in [0, 0.1) is 0 Å². The molecule has 1 N–H and O–H groups in total. The molecule has 1 rings (SSSR count). The molecule has 0 fully saturated rings. The third-order valence-electron chi connectivity index (χ3n) is 2.66. The van der Waals surface area contributed by atoms with Crippen molar-refractivity contribution in [2.75, 3.05) is 13.1 Å². The van der Waals surface area contributed by atoms with Gasteiger partial charge in [-0.05, 0) is 24.6 Å². The summed E-state index contributed by atoms with van der Waals surface area (Å²) in [4.78, 5) is 9.99. The summed E-state index contributed by atoms with van der Waals surface area (Å²) in [5.41, 5.74) is -1.18. The maximum Gasteiger partial charge on any atom is 0.416 e. The Kier molecular flexibility index (Phi) is 5.82. The predicted octanol–water partition coefficient (Wildman–Crippen LogP) is 2.84. The molecule has 0 saturated heterocycles. The van der Waals surface area contributed by atoms with E-state index in [2.05, 4.69) is 0 Å². The van der Waals surface area contributed by atoms with E-state index in [1.165, 1.54) is 0 Å². The summed E-state index contributed by atoms with van der Waals surface area (Å²) >= 11 is 5.69. The van der Waals surface area contributed by atoms with Crippen molar-refractivity contribution in [3.05, 3.63) is 28.8 Å². The fourth-order valence-corrected chi connectivity index (χ4v) is 3.68. The van der Waals surface area contributed by atoms with Crippen LogP contribution < -0.4 is 0 Å². The zero-order chi connectivity index (χ0) is 17.1. The van der Waals surface area contributed by atoms with Crippen LogP contribution in [-0.4, -0.2) is 36.9 Å². The molecule has 0 amide bonds. The molecule has 0 aliphatic heterocycles. The van der Waals surface area contributed by atoms with Gasteiger partial charge in [-0.1, -0.05) is 18.5 Å². The number of halogens is 4. The first-order valence-corrected chi connectivity index (χ1v) is 7.90. The second-order valence-electron chi connectivity index (χ2n) is 4.38. The molecule has 10 heteroatoms. The Morgan fingerprint density at radius 2 is 1.95 bits per heavy atom. The first kappa shape index (κ1) is 18.7. The first-order valence-electron chi connectivity index (χ1n) is 6.08. The molecule has 0 unspecified atom stereocenters. The molecule has 22 heavy (non-hydrogen) atoms. The van der Waals surface area contributed by atoms with E-state index < -0.39 is 44.2 Å². The maximum atomic E-state index is 12.7. The Morgan fingerprint density at radius 3 is 2.41 bits per heavy atom. The van der Waals surface area contributed by atoms with Crippen molar-refractivity contribution in [2.24, 2.45) is 0 Å². The van der Waals surface area contributed by atoms with Crippen molar-refractivity contribution >= 4 is 27.6 Å². The number of hydrogen-bond acceptors (Lipinski definition) is 3. The number of nitrogens with zero attached hydrogens (tertiary/aromatic N) is 1. The average Bonchev–Trinajstić information content (AvgIpc) is 2.36. The van der Waals surface area contributed by atoms with Crippen LogP contribution in [0.2, 0.25) is 5.02 Å². The second-order valence-corrected chi connectivity index (χ2v) is 6.69. The first-order chi connectivity index (χ1) is 10.00. The van der Waals surface area contributed by atoms with Gasteiger partial charge in [-0.25, -0.2) is 8.42 Å². The predicted molar refractivity (Wildman–Crippen MR) is 73.1 cm³/mol. The highest BCUT2D eigenvalue weighted by Gasteiger charge is 2.34. The van der Waals surface area contributed by atoms with E-state index in [9.17, 15) is 26.4 Å². The van der Waals surface area contributed by atoms with Gasteiger partial charge in [0.25, 0.3) is 0 Å². The molecule has 0 spiro atoms. The molecular formula is C12H13ClF3NO4S. The van der Waals surface area contributed by atoms with Gasteiger partial charge in [-0.15, -0.1) is 0 Å². The zero-order valence-electron chi connectivity index (χ0n) is 11.4. The fourth-order valence-electron chi connectivity index (χ4n) is 1.70. The Labute approximate surface area is 130 Å². The lowest BCUT2D eigenvalue weighted by atomic mass is 10.2. The molecule has 0 radical (unpaired) electrons. The summed E-state index contributed by atoms with van der Waals surface area (Å²) in [5, 5.41) is 8.35. The lowest BCUT2D eigenvalue weighted by Gasteiger charge is -2.21. The number of aliphatic carboxylic acids is 1. The monoisotopic (exact) mass is 359 g/mol. The van der Waals surface area contributed by atoms with Gasteiger partial charge in [0.1, 0.15) is 11.4 Å². The number of sulfonamides is 1. The number of hydrogen-bond donors (Lipinski definition) is 1. The number of alkyl halides is 3. The van der Waals surface area contributed by atoms with Crippen LogP contribution in [0.5, 0.6) is 0 Å². The minimum atomic E-state index is -4.74. The van der Waals surface area contributed by atoms with E-state index in [1.807, 2.05) is 0 Å². The minimum absolute atomic E-state index is 0.152. The van der Waals surface area contributed by atoms with Crippen molar-refractivity contribution in [2.45, 2.75) is 24.4 Å². The van der Waals surface area contributed by atoms with Gasteiger partial charge in [0.05, 0.1) is 10.6 Å². The van der Waals surface area contributed by atoms with Crippen LogP contribution in [0.4, 0.5) is 13.2 Å². The summed E-state index contributed by atoms with van der Waals surface area (Å²) in [6, 6.07) is 1.88. The number of rotatable bonds is 6. The smallest absolute Gasteiger partial charge is 0.416 e. The highest BCUT2D eigenvalue weighted by Crippen LogP contribution is 2.34. The quantitative estimate of drug-likeness (QED) is 0.847. The summed E-state index contributed by atoms with van der Waals surface area (Å²) in [7, 11) is -4.45. The lowest BCUT2D eigenvalue weighted by Crippen LogP contribution is -2.36. The molecule has 0 bridgehead atoms. The van der Waals surface area contributed by atoms with Crippen molar-refractivity contribution in [3.63, 3.8) is 0 Å². The normalized spacial score (nSPS) is 12.6. The molecule has 0 atom stereocenters. The van der Waals surface area contributed by atoms with E-state index in [1.54, 1.807) is 6.92 Å². The highest BCUT2D eigenvalue weighted by atomic mass is 35.5. The molecule has 0 aromatic heterocycles. The molecule has 1 aromatic carbocycles. The molecule has 5 nitrogen and oxygen atoms in total. The zero-order valence-corrected chi connectivity index (χ0v) is 13.0. The van der Waals surface area contributed by atoms with Crippen molar-refractivity contribution in [3.8, 4) is 0 Å². The summed E-state index contributed by atoms with van der Waals surface area (Å²) in [5.74, 6) is -1.42. The van der Waals surface area contributed by atoms with Crippen LogP contribution in [-0.2, 0) is 21.0 Å². The topological polar surface area (TPSA) is 74.7 Å². The number of carboxylic acids is 1. The van der Waals surface area contributed by atoms with Crippen LogP contribution >= 0.6 is 11.6 Å². The third kappa shape index (κ3) is 4.34. The van der Waals surface area contributed by atoms with Gasteiger partial charge < -0.3 is 5.11 Å². The molecule has 0 saturated carbocycles. The SMILES string of the molecule is CCCN(CC(=O)O)S(=O)(=O)c1cc(C(F)(F)F)ccc1Cl. The van der Waals surface area contributed by atoms with E-state index in [0.717, 1.165) is 6.07 Å². The molecule has 1 aromatic rings. The van der Waals surface area contributed by atoms with Crippen molar-refractivity contribution in [1.29, 1.82) is 0 Å². The summed E-state index contributed by atoms with van der Waals surface area (Å²) in [6.45, 7) is 0.599. The summed E-state index contributed by atoms with van der Waals surface area (Å²) in [6.07, 6.45) is -4.44. The van der Waals surface area contributed by atoms with Gasteiger partial charge in [-0.3, -0.25) is 4.79 Å². The van der Waals surface area contributed by atoms with Crippen molar-refractivity contribution < 1.29 is 31.5 Å².